The SMILES string of the molecule is Cc1nc2ccccc2n1CC(=O)N1CCO[C@H](c2ccncc2)C1. The summed E-state index contributed by atoms with van der Waals surface area (Å²) in [7, 11) is 0. The van der Waals surface area contributed by atoms with Gasteiger partial charge in [0, 0.05) is 18.9 Å². The zero-order valence-electron chi connectivity index (χ0n) is 14.1. The molecule has 3 aromatic rings. The quantitative estimate of drug-likeness (QED) is 0.736. The molecule has 1 amide bonds. The van der Waals surface area contributed by atoms with Gasteiger partial charge in [-0.05, 0) is 36.8 Å². The molecule has 0 aliphatic carbocycles. The van der Waals surface area contributed by atoms with Crippen molar-refractivity contribution in [2.24, 2.45) is 0 Å². The molecule has 25 heavy (non-hydrogen) atoms. The summed E-state index contributed by atoms with van der Waals surface area (Å²) < 4.78 is 7.81. The topological polar surface area (TPSA) is 60.2 Å². The first-order chi connectivity index (χ1) is 12.2. The maximum atomic E-state index is 12.8. The monoisotopic (exact) mass is 336 g/mol. The summed E-state index contributed by atoms with van der Waals surface area (Å²) in [5, 5.41) is 0. The Hall–Kier alpha value is -2.73. The molecule has 0 radical (unpaired) electrons. The number of fused-ring (bicyclic) bond motifs is 1. The van der Waals surface area contributed by atoms with Crippen LogP contribution in [0.4, 0.5) is 0 Å². The van der Waals surface area contributed by atoms with Gasteiger partial charge >= 0.3 is 0 Å². The van der Waals surface area contributed by atoms with E-state index in [9.17, 15) is 4.79 Å². The maximum absolute atomic E-state index is 12.8. The molecular weight excluding hydrogens is 316 g/mol. The smallest absolute Gasteiger partial charge is 0.242 e. The Balaban J connectivity index is 1.51. The van der Waals surface area contributed by atoms with Gasteiger partial charge in [0.2, 0.25) is 5.91 Å². The number of amides is 1. The van der Waals surface area contributed by atoms with E-state index in [0.717, 1.165) is 22.4 Å². The third-order valence-corrected chi connectivity index (χ3v) is 4.64. The van der Waals surface area contributed by atoms with E-state index in [1.807, 2.05) is 52.8 Å². The summed E-state index contributed by atoms with van der Waals surface area (Å²) >= 11 is 0. The number of benzene rings is 1. The average molecular weight is 336 g/mol. The molecule has 1 saturated heterocycles. The predicted octanol–water partition coefficient (Wildman–Crippen LogP) is 2.34. The van der Waals surface area contributed by atoms with Crippen LogP contribution < -0.4 is 0 Å². The van der Waals surface area contributed by atoms with Crippen LogP contribution in [0.3, 0.4) is 0 Å². The Morgan fingerprint density at radius 3 is 2.88 bits per heavy atom. The molecule has 4 rings (SSSR count). The number of imidazole rings is 1. The molecular formula is C19H20N4O2. The lowest BCUT2D eigenvalue weighted by Crippen LogP contribution is -2.43. The molecule has 0 saturated carbocycles. The van der Waals surface area contributed by atoms with Gasteiger partial charge in [0.05, 0.1) is 24.2 Å². The molecule has 0 N–H and O–H groups in total. The molecule has 3 heterocycles. The van der Waals surface area contributed by atoms with Gasteiger partial charge in [0.25, 0.3) is 0 Å². The number of aryl methyl sites for hydroxylation is 1. The van der Waals surface area contributed by atoms with Crippen molar-refractivity contribution in [3.8, 4) is 0 Å². The standard InChI is InChI=1S/C19H20N4O2/c1-14-21-16-4-2-3-5-17(16)23(14)13-19(24)22-10-11-25-18(12-22)15-6-8-20-9-7-15/h2-9,18H,10-13H2,1H3/t18-/m0/s1. The minimum atomic E-state index is -0.0960. The Bertz CT molecular complexity index is 891. The van der Waals surface area contributed by atoms with Crippen LogP contribution in [0, 0.1) is 6.92 Å². The van der Waals surface area contributed by atoms with Crippen LogP contribution in [-0.2, 0) is 16.1 Å². The Morgan fingerprint density at radius 2 is 2.04 bits per heavy atom. The highest BCUT2D eigenvalue weighted by molar-refractivity contribution is 5.81. The van der Waals surface area contributed by atoms with Gasteiger partial charge in [-0.1, -0.05) is 12.1 Å². The number of morpholine rings is 1. The molecule has 2 aromatic heterocycles. The van der Waals surface area contributed by atoms with Crippen LogP contribution in [0.5, 0.6) is 0 Å². The van der Waals surface area contributed by atoms with E-state index in [0.29, 0.717) is 26.2 Å². The number of pyridine rings is 1. The van der Waals surface area contributed by atoms with Gasteiger partial charge < -0.3 is 14.2 Å². The lowest BCUT2D eigenvalue weighted by molar-refractivity contribution is -0.139. The van der Waals surface area contributed by atoms with Crippen molar-refractivity contribution in [3.05, 3.63) is 60.2 Å². The number of carbonyl (C=O) groups excluding carboxylic acids is 1. The van der Waals surface area contributed by atoms with Crippen molar-refractivity contribution in [1.82, 2.24) is 19.4 Å². The number of ether oxygens (including phenoxy) is 1. The number of hydrogen-bond acceptors (Lipinski definition) is 4. The van der Waals surface area contributed by atoms with Crippen molar-refractivity contribution in [3.63, 3.8) is 0 Å². The Morgan fingerprint density at radius 1 is 1.24 bits per heavy atom. The first kappa shape index (κ1) is 15.8. The summed E-state index contributed by atoms with van der Waals surface area (Å²) in [6.45, 7) is 3.96. The molecule has 1 aromatic carbocycles. The lowest BCUT2D eigenvalue weighted by Gasteiger charge is -2.33. The summed E-state index contributed by atoms with van der Waals surface area (Å²) in [4.78, 5) is 23.3. The van der Waals surface area contributed by atoms with E-state index in [1.165, 1.54) is 0 Å². The number of nitrogens with zero attached hydrogens (tertiary/aromatic N) is 4. The van der Waals surface area contributed by atoms with Crippen LogP contribution in [-0.4, -0.2) is 45.0 Å². The van der Waals surface area contributed by atoms with E-state index in [4.69, 9.17) is 4.74 Å². The third-order valence-electron chi connectivity index (χ3n) is 4.64. The summed E-state index contributed by atoms with van der Waals surface area (Å²) in [6, 6.07) is 11.8. The number of rotatable bonds is 3. The molecule has 0 spiro atoms. The van der Waals surface area contributed by atoms with Crippen LogP contribution >= 0.6 is 0 Å². The lowest BCUT2D eigenvalue weighted by atomic mass is 10.1. The second-order valence-electron chi connectivity index (χ2n) is 6.21. The van der Waals surface area contributed by atoms with Gasteiger partial charge in [0.1, 0.15) is 18.5 Å². The zero-order valence-corrected chi connectivity index (χ0v) is 14.1. The number of para-hydroxylation sites is 2. The summed E-state index contributed by atoms with van der Waals surface area (Å²) in [5.74, 6) is 0.946. The molecule has 1 fully saturated rings. The number of carbonyl (C=O) groups is 1. The maximum Gasteiger partial charge on any atom is 0.242 e. The molecule has 128 valence electrons. The van der Waals surface area contributed by atoms with Crippen molar-refractivity contribution in [2.75, 3.05) is 19.7 Å². The van der Waals surface area contributed by atoms with E-state index >= 15 is 0 Å². The van der Waals surface area contributed by atoms with E-state index < -0.39 is 0 Å². The van der Waals surface area contributed by atoms with Gasteiger partial charge in [-0.25, -0.2) is 4.98 Å². The van der Waals surface area contributed by atoms with Crippen LogP contribution in [0.1, 0.15) is 17.5 Å². The predicted molar refractivity (Wildman–Crippen MR) is 94.0 cm³/mol. The van der Waals surface area contributed by atoms with Gasteiger partial charge in [-0.3, -0.25) is 9.78 Å². The first-order valence-electron chi connectivity index (χ1n) is 8.43. The molecule has 0 unspecified atom stereocenters. The molecule has 0 bridgehead atoms. The Labute approximate surface area is 146 Å². The van der Waals surface area contributed by atoms with Gasteiger partial charge in [-0.15, -0.1) is 0 Å². The third kappa shape index (κ3) is 3.13. The highest BCUT2D eigenvalue weighted by Gasteiger charge is 2.26. The van der Waals surface area contributed by atoms with Crippen LogP contribution in [0.2, 0.25) is 0 Å². The molecule has 1 aliphatic rings. The minimum absolute atomic E-state index is 0.0913. The largest absolute Gasteiger partial charge is 0.370 e. The second-order valence-corrected chi connectivity index (χ2v) is 6.21. The normalized spacial score (nSPS) is 17.8. The van der Waals surface area contributed by atoms with E-state index in [-0.39, 0.29) is 12.0 Å². The van der Waals surface area contributed by atoms with E-state index in [1.54, 1.807) is 12.4 Å². The van der Waals surface area contributed by atoms with Crippen molar-refractivity contribution in [1.29, 1.82) is 0 Å². The van der Waals surface area contributed by atoms with Crippen molar-refractivity contribution < 1.29 is 9.53 Å². The number of hydrogen-bond donors (Lipinski definition) is 0. The van der Waals surface area contributed by atoms with Gasteiger partial charge in [-0.2, -0.15) is 0 Å². The fraction of sp³-hybridized carbons (Fsp3) is 0.316. The number of aromatic nitrogens is 3. The summed E-state index contributed by atoms with van der Waals surface area (Å²) in [6.07, 6.45) is 3.40. The van der Waals surface area contributed by atoms with Crippen molar-refractivity contribution >= 4 is 16.9 Å². The molecule has 1 atom stereocenters. The molecule has 6 heteroatoms. The highest BCUT2D eigenvalue weighted by atomic mass is 16.5. The van der Waals surface area contributed by atoms with E-state index in [2.05, 4.69) is 9.97 Å². The Kier molecular flexibility index (Phi) is 4.19. The average Bonchev–Trinajstić information content (AvgIpc) is 2.98. The minimum Gasteiger partial charge on any atom is -0.370 e. The fourth-order valence-corrected chi connectivity index (χ4v) is 3.29. The summed E-state index contributed by atoms with van der Waals surface area (Å²) in [5.41, 5.74) is 2.97. The highest BCUT2D eigenvalue weighted by Crippen LogP contribution is 2.22. The van der Waals surface area contributed by atoms with Crippen LogP contribution in [0.15, 0.2) is 48.8 Å². The molecule has 1 aliphatic heterocycles. The second kappa shape index (κ2) is 6.64. The van der Waals surface area contributed by atoms with Gasteiger partial charge in [0.15, 0.2) is 0 Å². The zero-order chi connectivity index (χ0) is 17.2. The first-order valence-corrected chi connectivity index (χ1v) is 8.43. The fourth-order valence-electron chi connectivity index (χ4n) is 3.29. The van der Waals surface area contributed by atoms with Crippen molar-refractivity contribution in [2.45, 2.75) is 19.6 Å². The van der Waals surface area contributed by atoms with Crippen LogP contribution in [0.25, 0.3) is 11.0 Å². The molecule has 6 nitrogen and oxygen atoms in total.